The maximum absolute atomic E-state index is 9.15. The van der Waals surface area contributed by atoms with E-state index < -0.39 is 0 Å². The highest BCUT2D eigenvalue weighted by molar-refractivity contribution is 5.15. The van der Waals surface area contributed by atoms with E-state index in [0.717, 1.165) is 76.7 Å². The molecular formula is C20H29N5O. The molecule has 2 aliphatic heterocycles. The largest absolute Gasteiger partial charge is 0.395 e. The van der Waals surface area contributed by atoms with Crippen molar-refractivity contribution in [3.63, 3.8) is 0 Å². The third-order valence-corrected chi connectivity index (χ3v) is 5.76. The molecule has 3 heterocycles. The first-order valence-corrected chi connectivity index (χ1v) is 9.85. The summed E-state index contributed by atoms with van der Waals surface area (Å²) in [5.41, 5.74) is 1.41. The van der Waals surface area contributed by atoms with Crippen LogP contribution < -0.4 is 0 Å². The second kappa shape index (κ2) is 8.29. The fraction of sp³-hybridized carbons (Fsp3) is 0.600. The van der Waals surface area contributed by atoms with Crippen molar-refractivity contribution in [1.82, 2.24) is 24.6 Å². The summed E-state index contributed by atoms with van der Waals surface area (Å²) in [6, 6.07) is 10.7. The van der Waals surface area contributed by atoms with Crippen LogP contribution in [0, 0.1) is 0 Å². The van der Waals surface area contributed by atoms with Gasteiger partial charge in [-0.15, -0.1) is 10.2 Å². The summed E-state index contributed by atoms with van der Waals surface area (Å²) in [6.07, 6.45) is 3.21. The summed E-state index contributed by atoms with van der Waals surface area (Å²) in [5.74, 6) is 2.76. The summed E-state index contributed by atoms with van der Waals surface area (Å²) in [5, 5.41) is 18.2. The Morgan fingerprint density at radius 2 is 1.85 bits per heavy atom. The molecule has 6 heteroatoms. The molecular weight excluding hydrogens is 326 g/mol. The average molecular weight is 355 g/mol. The molecule has 0 bridgehead atoms. The Bertz CT molecular complexity index is 701. The Hall–Kier alpha value is -1.76. The molecule has 0 amide bonds. The number of benzene rings is 1. The van der Waals surface area contributed by atoms with E-state index >= 15 is 0 Å². The van der Waals surface area contributed by atoms with Crippen LogP contribution in [0.1, 0.15) is 29.6 Å². The Morgan fingerprint density at radius 1 is 0.962 bits per heavy atom. The molecule has 1 aromatic carbocycles. The summed E-state index contributed by atoms with van der Waals surface area (Å²) in [7, 11) is 0. The summed E-state index contributed by atoms with van der Waals surface area (Å²) in [6.45, 7) is 7.28. The second-order valence-corrected chi connectivity index (χ2v) is 7.46. The van der Waals surface area contributed by atoms with Crippen LogP contribution in [0.2, 0.25) is 0 Å². The third kappa shape index (κ3) is 3.98. The van der Waals surface area contributed by atoms with Gasteiger partial charge in [-0.25, -0.2) is 0 Å². The van der Waals surface area contributed by atoms with Gasteiger partial charge in [-0.3, -0.25) is 0 Å². The number of likely N-dealkylation sites (tertiary alicyclic amines) is 1. The van der Waals surface area contributed by atoms with Crippen molar-refractivity contribution in [2.45, 2.75) is 31.7 Å². The lowest BCUT2D eigenvalue weighted by Crippen LogP contribution is -2.29. The minimum atomic E-state index is 0.237. The number of rotatable bonds is 6. The molecule has 1 fully saturated rings. The van der Waals surface area contributed by atoms with Crippen LogP contribution in [0.5, 0.6) is 0 Å². The van der Waals surface area contributed by atoms with Crippen LogP contribution in [0.4, 0.5) is 0 Å². The van der Waals surface area contributed by atoms with Gasteiger partial charge in [0, 0.05) is 51.6 Å². The molecule has 0 radical (unpaired) electrons. The lowest BCUT2D eigenvalue weighted by Gasteiger charge is -2.20. The number of aromatic nitrogens is 3. The zero-order valence-corrected chi connectivity index (χ0v) is 15.4. The van der Waals surface area contributed by atoms with E-state index in [0.29, 0.717) is 5.92 Å². The highest BCUT2D eigenvalue weighted by atomic mass is 16.3. The quantitative estimate of drug-likeness (QED) is 0.843. The molecule has 1 atom stereocenters. The summed E-state index contributed by atoms with van der Waals surface area (Å²) < 4.78 is 2.37. The van der Waals surface area contributed by atoms with Crippen molar-refractivity contribution in [2.75, 3.05) is 45.9 Å². The molecule has 0 spiro atoms. The van der Waals surface area contributed by atoms with E-state index in [1.807, 2.05) is 0 Å². The maximum Gasteiger partial charge on any atom is 0.137 e. The Labute approximate surface area is 155 Å². The Balaban J connectivity index is 1.36. The van der Waals surface area contributed by atoms with E-state index in [1.54, 1.807) is 0 Å². The molecule has 26 heavy (non-hydrogen) atoms. The van der Waals surface area contributed by atoms with Crippen molar-refractivity contribution < 1.29 is 5.11 Å². The second-order valence-electron chi connectivity index (χ2n) is 7.46. The molecule has 2 aromatic rings. The summed E-state index contributed by atoms with van der Waals surface area (Å²) in [4.78, 5) is 4.88. The third-order valence-electron chi connectivity index (χ3n) is 5.76. The predicted octanol–water partition coefficient (Wildman–Crippen LogP) is 1.16. The topological polar surface area (TPSA) is 57.4 Å². The predicted molar refractivity (Wildman–Crippen MR) is 101 cm³/mol. The molecule has 4 rings (SSSR count). The number of aliphatic hydroxyl groups excluding tert-OH is 1. The first-order valence-electron chi connectivity index (χ1n) is 9.85. The highest BCUT2D eigenvalue weighted by Crippen LogP contribution is 2.27. The number of hydrogen-bond acceptors (Lipinski definition) is 5. The monoisotopic (exact) mass is 355 g/mol. The van der Waals surface area contributed by atoms with Crippen molar-refractivity contribution >= 4 is 0 Å². The molecule has 2 aliphatic rings. The molecule has 1 N–H and O–H groups in total. The molecule has 140 valence electrons. The van der Waals surface area contributed by atoms with Gasteiger partial charge in [0.25, 0.3) is 0 Å². The van der Waals surface area contributed by atoms with E-state index in [2.05, 4.69) is 54.9 Å². The van der Waals surface area contributed by atoms with Crippen LogP contribution in [-0.2, 0) is 19.4 Å². The minimum absolute atomic E-state index is 0.237. The van der Waals surface area contributed by atoms with Crippen molar-refractivity contribution in [3.8, 4) is 0 Å². The van der Waals surface area contributed by atoms with Gasteiger partial charge in [0.05, 0.1) is 6.61 Å². The van der Waals surface area contributed by atoms with E-state index in [1.165, 1.54) is 5.56 Å². The average Bonchev–Trinajstić information content (AvgIpc) is 3.24. The Morgan fingerprint density at radius 3 is 2.69 bits per heavy atom. The van der Waals surface area contributed by atoms with E-state index in [9.17, 15) is 0 Å². The van der Waals surface area contributed by atoms with Crippen molar-refractivity contribution in [3.05, 3.63) is 47.5 Å². The number of β-amino-alcohol motifs (C(OH)–C–C–N with tert-alkyl or cyclic N) is 1. The van der Waals surface area contributed by atoms with Crippen LogP contribution in [-0.4, -0.2) is 75.5 Å². The normalized spacial score (nSPS) is 21.7. The van der Waals surface area contributed by atoms with Gasteiger partial charge in [-0.05, 0) is 24.9 Å². The van der Waals surface area contributed by atoms with Gasteiger partial charge in [-0.2, -0.15) is 0 Å². The van der Waals surface area contributed by atoms with Crippen molar-refractivity contribution in [1.29, 1.82) is 0 Å². The first-order chi connectivity index (χ1) is 12.8. The standard InChI is InChI=1S/C20H29N5O/c26-15-14-24-10-7-18(16-24)20-22-21-19-8-11-23(12-13-25(19)20)9-6-17-4-2-1-3-5-17/h1-5,18,26H,6-16H2. The number of hydrogen-bond donors (Lipinski definition) is 1. The number of fused-ring (bicyclic) bond motifs is 1. The Kier molecular flexibility index (Phi) is 5.62. The van der Waals surface area contributed by atoms with Crippen LogP contribution in [0.3, 0.4) is 0 Å². The SMILES string of the molecule is OCCN1CCC(c2nnc3n2CCN(CCc2ccccc2)CC3)C1. The van der Waals surface area contributed by atoms with Crippen LogP contribution in [0.25, 0.3) is 0 Å². The van der Waals surface area contributed by atoms with Crippen molar-refractivity contribution in [2.24, 2.45) is 0 Å². The lowest BCUT2D eigenvalue weighted by atomic mass is 10.1. The van der Waals surface area contributed by atoms with Gasteiger partial charge in [0.1, 0.15) is 11.6 Å². The molecule has 0 saturated carbocycles. The van der Waals surface area contributed by atoms with Gasteiger partial charge in [0.15, 0.2) is 0 Å². The zero-order valence-electron chi connectivity index (χ0n) is 15.4. The van der Waals surface area contributed by atoms with Gasteiger partial charge >= 0.3 is 0 Å². The maximum atomic E-state index is 9.15. The van der Waals surface area contributed by atoms with Gasteiger partial charge in [0.2, 0.25) is 0 Å². The highest BCUT2D eigenvalue weighted by Gasteiger charge is 2.29. The minimum Gasteiger partial charge on any atom is -0.395 e. The van der Waals surface area contributed by atoms with Gasteiger partial charge < -0.3 is 19.5 Å². The zero-order chi connectivity index (χ0) is 17.8. The smallest absolute Gasteiger partial charge is 0.137 e. The molecule has 1 unspecified atom stereocenters. The fourth-order valence-corrected chi connectivity index (χ4v) is 4.23. The summed E-state index contributed by atoms with van der Waals surface area (Å²) >= 11 is 0. The molecule has 1 aromatic heterocycles. The number of nitrogens with zero attached hydrogens (tertiary/aromatic N) is 5. The molecule has 1 saturated heterocycles. The number of aliphatic hydroxyl groups is 1. The van der Waals surface area contributed by atoms with Crippen LogP contribution >= 0.6 is 0 Å². The van der Waals surface area contributed by atoms with Gasteiger partial charge in [-0.1, -0.05) is 30.3 Å². The van der Waals surface area contributed by atoms with E-state index in [4.69, 9.17) is 5.11 Å². The van der Waals surface area contributed by atoms with Crippen LogP contribution in [0.15, 0.2) is 30.3 Å². The van der Waals surface area contributed by atoms with E-state index in [-0.39, 0.29) is 6.61 Å². The first kappa shape index (κ1) is 17.6. The fourth-order valence-electron chi connectivity index (χ4n) is 4.23. The molecule has 0 aliphatic carbocycles. The molecule has 6 nitrogen and oxygen atoms in total. The lowest BCUT2D eigenvalue weighted by molar-refractivity contribution is 0.219.